The van der Waals surface area contributed by atoms with Gasteiger partial charge in [0.15, 0.2) is 0 Å². The van der Waals surface area contributed by atoms with Crippen LogP contribution in [0.2, 0.25) is 0 Å². The molecule has 230 valence electrons. The minimum Gasteiger partial charge on any atom is -0.340 e. The Balaban J connectivity index is 2.05. The van der Waals surface area contributed by atoms with Crippen molar-refractivity contribution >= 4 is 17.3 Å². The Morgan fingerprint density at radius 1 is 1.21 bits per heavy atom. The summed E-state index contributed by atoms with van der Waals surface area (Å²) < 4.78 is 56.9. The Labute approximate surface area is 251 Å². The molecule has 4 N–H and O–H groups in total. The Morgan fingerprint density at radius 2 is 1.95 bits per heavy atom. The molecule has 0 radical (unpaired) electrons. The molecule has 1 aliphatic rings. The number of likely N-dealkylation sites (N-methyl/N-ethyl adjacent to an activating group) is 1. The molecule has 1 aliphatic carbocycles. The first-order chi connectivity index (χ1) is 20.5. The van der Waals surface area contributed by atoms with E-state index < -0.39 is 23.5 Å². The standard InChI is InChI=1S/C34H40F4N4O/c1-5-9-25(10-6-2)32(40-22-23-14-15-23)26-16-17-29(35)30(19-26)41-33(43)31(20-27(11-7-3)34(36,37)38)42(4)28-13-8-12-24(18-28)21-39/h5-6,8-13,16-20,23,32,40H,1,7,14-15,21-22,39H2,2-4H3,(H,41,43)/b10-6-,25-9+,27-11-,31-20-. The van der Waals surface area contributed by atoms with E-state index in [4.69, 9.17) is 5.73 Å². The third-order valence-corrected chi connectivity index (χ3v) is 7.05. The van der Waals surface area contributed by atoms with Crippen molar-refractivity contribution in [1.82, 2.24) is 5.32 Å². The van der Waals surface area contributed by atoms with Crippen LogP contribution >= 0.6 is 0 Å². The molecule has 1 fully saturated rings. The third kappa shape index (κ3) is 9.53. The van der Waals surface area contributed by atoms with Gasteiger partial charge < -0.3 is 21.3 Å². The van der Waals surface area contributed by atoms with Crippen LogP contribution in [0, 0.1) is 11.7 Å². The molecule has 1 amide bonds. The van der Waals surface area contributed by atoms with Gasteiger partial charge in [-0.05, 0) is 85.7 Å². The van der Waals surface area contributed by atoms with Gasteiger partial charge in [0.05, 0.1) is 17.3 Å². The van der Waals surface area contributed by atoms with Crippen molar-refractivity contribution < 1.29 is 22.4 Å². The van der Waals surface area contributed by atoms with Gasteiger partial charge in [0.2, 0.25) is 0 Å². The summed E-state index contributed by atoms with van der Waals surface area (Å²) in [6, 6.07) is 10.9. The average Bonchev–Trinajstić information content (AvgIpc) is 3.80. The first-order valence-electron chi connectivity index (χ1n) is 14.3. The third-order valence-electron chi connectivity index (χ3n) is 7.05. The molecule has 0 spiro atoms. The van der Waals surface area contributed by atoms with Gasteiger partial charge in [-0.1, -0.05) is 62.1 Å². The molecule has 1 saturated carbocycles. The number of rotatable bonds is 14. The Bertz CT molecular complexity index is 1400. The van der Waals surface area contributed by atoms with Crippen LogP contribution in [-0.2, 0) is 11.3 Å². The van der Waals surface area contributed by atoms with Gasteiger partial charge in [-0.15, -0.1) is 0 Å². The van der Waals surface area contributed by atoms with Crippen LogP contribution in [0.5, 0.6) is 0 Å². The maximum atomic E-state index is 15.2. The van der Waals surface area contributed by atoms with Crippen LogP contribution in [0.15, 0.2) is 102 Å². The van der Waals surface area contributed by atoms with E-state index in [9.17, 15) is 18.0 Å². The highest BCUT2D eigenvalue weighted by Crippen LogP contribution is 2.33. The molecular formula is C34H40F4N4O. The molecule has 3 rings (SSSR count). The van der Waals surface area contributed by atoms with Crippen LogP contribution in [0.1, 0.15) is 50.3 Å². The maximum absolute atomic E-state index is 15.2. The van der Waals surface area contributed by atoms with E-state index in [1.165, 1.54) is 24.1 Å². The molecule has 43 heavy (non-hydrogen) atoms. The van der Waals surface area contributed by atoms with Crippen molar-refractivity contribution in [2.75, 3.05) is 23.8 Å². The number of allylic oxidation sites excluding steroid dienone is 6. The fourth-order valence-electron chi connectivity index (χ4n) is 4.59. The molecule has 2 aromatic rings. The second-order valence-electron chi connectivity index (χ2n) is 10.4. The Morgan fingerprint density at radius 3 is 2.56 bits per heavy atom. The minimum atomic E-state index is -4.70. The molecule has 5 nitrogen and oxygen atoms in total. The number of hydrogen-bond donors (Lipinski definition) is 3. The number of nitrogens with two attached hydrogens (primary N) is 1. The smallest absolute Gasteiger partial charge is 0.340 e. The van der Waals surface area contributed by atoms with E-state index >= 15 is 4.39 Å². The van der Waals surface area contributed by atoms with E-state index in [0.29, 0.717) is 17.2 Å². The van der Waals surface area contributed by atoms with Crippen molar-refractivity contribution in [2.24, 2.45) is 11.7 Å². The van der Waals surface area contributed by atoms with Crippen LogP contribution < -0.4 is 21.3 Å². The van der Waals surface area contributed by atoms with Crippen LogP contribution in [0.3, 0.4) is 0 Å². The van der Waals surface area contributed by atoms with Gasteiger partial charge in [-0.2, -0.15) is 13.2 Å². The van der Waals surface area contributed by atoms with Crippen molar-refractivity contribution in [3.05, 3.63) is 119 Å². The van der Waals surface area contributed by atoms with E-state index in [0.717, 1.165) is 42.7 Å². The number of benzene rings is 2. The minimum absolute atomic E-state index is 0.102. The van der Waals surface area contributed by atoms with Gasteiger partial charge in [0.25, 0.3) is 5.91 Å². The monoisotopic (exact) mass is 596 g/mol. The number of halogens is 4. The molecule has 2 aromatic carbocycles. The lowest BCUT2D eigenvalue weighted by Gasteiger charge is -2.25. The zero-order chi connectivity index (χ0) is 31.6. The summed E-state index contributed by atoms with van der Waals surface area (Å²) in [7, 11) is 1.48. The highest BCUT2D eigenvalue weighted by molar-refractivity contribution is 6.06. The Hall–Kier alpha value is -3.95. The summed E-state index contributed by atoms with van der Waals surface area (Å²) >= 11 is 0. The summed E-state index contributed by atoms with van der Waals surface area (Å²) in [4.78, 5) is 15.0. The van der Waals surface area contributed by atoms with Crippen LogP contribution in [0.4, 0.5) is 28.9 Å². The molecule has 1 atom stereocenters. The number of amides is 1. The van der Waals surface area contributed by atoms with Crippen LogP contribution in [0.25, 0.3) is 0 Å². The van der Waals surface area contributed by atoms with Crippen LogP contribution in [-0.4, -0.2) is 25.7 Å². The molecule has 1 unspecified atom stereocenters. The lowest BCUT2D eigenvalue weighted by molar-refractivity contribution is -0.113. The normalized spacial score (nSPS) is 15.5. The van der Waals surface area contributed by atoms with E-state index in [2.05, 4.69) is 17.2 Å². The maximum Gasteiger partial charge on any atom is 0.416 e. The number of hydrogen-bond acceptors (Lipinski definition) is 4. The lowest BCUT2D eigenvalue weighted by atomic mass is 9.96. The number of anilines is 2. The summed E-state index contributed by atoms with van der Waals surface area (Å²) in [5.41, 5.74) is 7.06. The molecule has 9 heteroatoms. The molecule has 0 aliphatic heterocycles. The first-order valence-corrected chi connectivity index (χ1v) is 14.3. The highest BCUT2D eigenvalue weighted by Gasteiger charge is 2.33. The highest BCUT2D eigenvalue weighted by atomic mass is 19.4. The van der Waals surface area contributed by atoms with Crippen molar-refractivity contribution in [3.8, 4) is 0 Å². The van der Waals surface area contributed by atoms with Gasteiger partial charge in [-0.3, -0.25) is 4.79 Å². The molecule has 0 heterocycles. The topological polar surface area (TPSA) is 70.4 Å². The van der Waals surface area contributed by atoms with Gasteiger partial charge in [-0.25, -0.2) is 4.39 Å². The second-order valence-corrected chi connectivity index (χ2v) is 10.4. The SMILES string of the molecule is C=C/C=C(\C=C/C)C(NCC1CC1)c1ccc(F)c(NC(=O)/C(=C/C(=C/CC)C(F)(F)F)N(C)c2cccc(CN)c2)c1. The average molecular weight is 597 g/mol. The Kier molecular flexibility index (Phi) is 12.1. The van der Waals surface area contributed by atoms with E-state index in [1.807, 2.05) is 25.2 Å². The molecule has 0 saturated heterocycles. The van der Waals surface area contributed by atoms with Gasteiger partial charge in [0.1, 0.15) is 11.5 Å². The molecule has 0 bridgehead atoms. The van der Waals surface area contributed by atoms with Gasteiger partial charge in [0, 0.05) is 19.3 Å². The zero-order valence-electron chi connectivity index (χ0n) is 24.8. The first kappa shape index (κ1) is 33.6. The predicted molar refractivity (Wildman–Crippen MR) is 167 cm³/mol. The summed E-state index contributed by atoms with van der Waals surface area (Å²) in [6.07, 6.45) is 6.81. The zero-order valence-corrected chi connectivity index (χ0v) is 24.8. The van der Waals surface area contributed by atoms with Crippen molar-refractivity contribution in [1.29, 1.82) is 0 Å². The number of alkyl halides is 3. The number of carbonyl (C=O) groups is 1. The fraction of sp³-hybridized carbons (Fsp3) is 0.324. The largest absolute Gasteiger partial charge is 0.416 e. The number of nitrogens with zero attached hydrogens (tertiary/aromatic N) is 1. The molecule has 0 aromatic heterocycles. The predicted octanol–water partition coefficient (Wildman–Crippen LogP) is 7.87. The van der Waals surface area contributed by atoms with E-state index in [1.54, 1.807) is 43.3 Å². The van der Waals surface area contributed by atoms with Crippen molar-refractivity contribution in [3.63, 3.8) is 0 Å². The second kappa shape index (κ2) is 15.5. The fourth-order valence-corrected chi connectivity index (χ4v) is 4.59. The number of nitrogens with one attached hydrogen (secondary N) is 2. The quantitative estimate of drug-likeness (QED) is 0.118. The van der Waals surface area contributed by atoms with Gasteiger partial charge >= 0.3 is 6.18 Å². The molecular weight excluding hydrogens is 556 g/mol. The summed E-state index contributed by atoms with van der Waals surface area (Å²) in [6.45, 7) is 8.24. The summed E-state index contributed by atoms with van der Waals surface area (Å²) in [5.74, 6) is -1.05. The lowest BCUT2D eigenvalue weighted by Crippen LogP contribution is -2.29. The van der Waals surface area contributed by atoms with E-state index in [-0.39, 0.29) is 30.4 Å². The van der Waals surface area contributed by atoms with Crippen molar-refractivity contribution in [2.45, 2.75) is 51.9 Å². The summed E-state index contributed by atoms with van der Waals surface area (Å²) in [5, 5.41) is 6.07. The number of carbonyl (C=O) groups excluding carboxylic acids is 1.